The van der Waals surface area contributed by atoms with Crippen molar-refractivity contribution in [3.63, 3.8) is 0 Å². The second-order valence-electron chi connectivity index (χ2n) is 6.76. The standard InChI is InChI=1S/C19H28N2O4/c1-5-15(21-18(23)25-19(2,3)4)9-10-16-14(13-20)7-6-8-17(16)24-12-11-22/h6-8,15,22H,5,9-12H2,1-4H3,(H,21,23)/t15-/m0/s1. The predicted octanol–water partition coefficient (Wildman–Crippen LogP) is 3.17. The minimum atomic E-state index is -0.541. The van der Waals surface area contributed by atoms with E-state index < -0.39 is 11.7 Å². The van der Waals surface area contributed by atoms with E-state index >= 15 is 0 Å². The van der Waals surface area contributed by atoms with E-state index in [0.717, 1.165) is 12.0 Å². The van der Waals surface area contributed by atoms with Crippen LogP contribution in [0.2, 0.25) is 0 Å². The van der Waals surface area contributed by atoms with Crippen LogP contribution in [0, 0.1) is 11.3 Å². The first-order valence-electron chi connectivity index (χ1n) is 8.55. The molecule has 0 fully saturated rings. The van der Waals surface area contributed by atoms with E-state index in [2.05, 4.69) is 11.4 Å². The number of carbonyl (C=O) groups is 1. The molecule has 0 unspecified atom stereocenters. The van der Waals surface area contributed by atoms with Gasteiger partial charge >= 0.3 is 6.09 Å². The van der Waals surface area contributed by atoms with Gasteiger partial charge in [0.2, 0.25) is 0 Å². The number of aliphatic hydroxyl groups excluding tert-OH is 1. The molecular weight excluding hydrogens is 320 g/mol. The zero-order chi connectivity index (χ0) is 18.9. The lowest BCUT2D eigenvalue weighted by molar-refractivity contribution is 0.0500. The molecule has 0 spiro atoms. The van der Waals surface area contributed by atoms with E-state index in [4.69, 9.17) is 14.6 Å². The molecule has 0 aliphatic carbocycles. The first kappa shape index (κ1) is 20.8. The fourth-order valence-corrected chi connectivity index (χ4v) is 2.39. The Balaban J connectivity index is 2.77. The molecule has 1 rings (SSSR count). The molecule has 0 radical (unpaired) electrons. The molecule has 6 nitrogen and oxygen atoms in total. The van der Waals surface area contributed by atoms with Crippen LogP contribution >= 0.6 is 0 Å². The van der Waals surface area contributed by atoms with Crippen LogP contribution in [0.1, 0.15) is 51.7 Å². The maximum atomic E-state index is 11.9. The van der Waals surface area contributed by atoms with Crippen LogP contribution in [0.3, 0.4) is 0 Å². The zero-order valence-electron chi connectivity index (χ0n) is 15.5. The summed E-state index contributed by atoms with van der Waals surface area (Å²) in [7, 11) is 0. The highest BCUT2D eigenvalue weighted by Gasteiger charge is 2.19. The molecular formula is C19H28N2O4. The molecule has 0 aliphatic heterocycles. The molecule has 1 atom stereocenters. The summed E-state index contributed by atoms with van der Waals surface area (Å²) in [6.07, 6.45) is 1.55. The van der Waals surface area contributed by atoms with Crippen molar-refractivity contribution in [1.82, 2.24) is 5.32 Å². The van der Waals surface area contributed by atoms with E-state index in [1.54, 1.807) is 18.2 Å². The van der Waals surface area contributed by atoms with Crippen molar-refractivity contribution < 1.29 is 19.4 Å². The van der Waals surface area contributed by atoms with Gasteiger partial charge in [0.05, 0.1) is 18.2 Å². The number of hydrogen-bond acceptors (Lipinski definition) is 5. The van der Waals surface area contributed by atoms with Gasteiger partial charge < -0.3 is 19.9 Å². The molecule has 0 aliphatic rings. The third-order valence-electron chi connectivity index (χ3n) is 3.56. The van der Waals surface area contributed by atoms with Gasteiger partial charge in [0, 0.05) is 11.6 Å². The summed E-state index contributed by atoms with van der Waals surface area (Å²) < 4.78 is 10.8. The Morgan fingerprint density at radius 2 is 2.12 bits per heavy atom. The summed E-state index contributed by atoms with van der Waals surface area (Å²) in [6.45, 7) is 7.54. The van der Waals surface area contributed by atoms with Crippen LogP contribution < -0.4 is 10.1 Å². The SMILES string of the molecule is CC[C@@H](CCc1c(C#N)cccc1OCCO)NC(=O)OC(C)(C)C. The summed E-state index contributed by atoms with van der Waals surface area (Å²) in [4.78, 5) is 11.9. The number of nitrogens with one attached hydrogen (secondary N) is 1. The van der Waals surface area contributed by atoms with Crippen molar-refractivity contribution in [3.8, 4) is 11.8 Å². The molecule has 0 heterocycles. The second kappa shape index (κ2) is 9.90. The van der Waals surface area contributed by atoms with Crippen molar-refractivity contribution in [1.29, 1.82) is 5.26 Å². The predicted molar refractivity (Wildman–Crippen MR) is 95.5 cm³/mol. The number of benzene rings is 1. The Bertz CT molecular complexity index is 602. The normalized spacial score (nSPS) is 12.2. The smallest absolute Gasteiger partial charge is 0.407 e. The fourth-order valence-electron chi connectivity index (χ4n) is 2.39. The number of nitriles is 1. The molecule has 0 aromatic heterocycles. The van der Waals surface area contributed by atoms with Crippen LogP contribution in [-0.2, 0) is 11.2 Å². The summed E-state index contributed by atoms with van der Waals surface area (Å²) in [6, 6.07) is 7.39. The van der Waals surface area contributed by atoms with E-state index in [1.165, 1.54) is 0 Å². The van der Waals surface area contributed by atoms with Crippen molar-refractivity contribution in [3.05, 3.63) is 29.3 Å². The molecule has 1 aromatic rings. The van der Waals surface area contributed by atoms with Gasteiger partial charge in [-0.25, -0.2) is 4.79 Å². The highest BCUT2D eigenvalue weighted by Crippen LogP contribution is 2.24. The highest BCUT2D eigenvalue weighted by atomic mass is 16.6. The van der Waals surface area contributed by atoms with Gasteiger partial charge in [0.25, 0.3) is 0 Å². The lowest BCUT2D eigenvalue weighted by Gasteiger charge is -2.23. The van der Waals surface area contributed by atoms with Crippen LogP contribution in [0.4, 0.5) is 4.79 Å². The Morgan fingerprint density at radius 1 is 1.40 bits per heavy atom. The summed E-state index contributed by atoms with van der Waals surface area (Å²) in [5.74, 6) is 0.597. The minimum absolute atomic E-state index is 0.0627. The molecule has 25 heavy (non-hydrogen) atoms. The minimum Gasteiger partial charge on any atom is -0.491 e. The first-order valence-corrected chi connectivity index (χ1v) is 8.55. The van der Waals surface area contributed by atoms with Crippen molar-refractivity contribution in [2.24, 2.45) is 0 Å². The summed E-state index contributed by atoms with van der Waals surface area (Å²) >= 11 is 0. The Labute approximate surface area is 149 Å². The number of alkyl carbamates (subject to hydrolysis) is 1. The molecule has 1 amide bonds. The average Bonchev–Trinajstić information content (AvgIpc) is 2.55. The highest BCUT2D eigenvalue weighted by molar-refractivity contribution is 5.68. The average molecular weight is 348 g/mol. The zero-order valence-corrected chi connectivity index (χ0v) is 15.5. The first-order chi connectivity index (χ1) is 11.8. The number of ether oxygens (including phenoxy) is 2. The monoisotopic (exact) mass is 348 g/mol. The molecule has 1 aromatic carbocycles. The van der Waals surface area contributed by atoms with Crippen LogP contribution in [0.25, 0.3) is 0 Å². The van der Waals surface area contributed by atoms with Crippen molar-refractivity contribution in [2.45, 2.75) is 58.6 Å². The number of aliphatic hydroxyl groups is 1. The van der Waals surface area contributed by atoms with Crippen LogP contribution in [0.5, 0.6) is 5.75 Å². The van der Waals surface area contributed by atoms with Gasteiger partial charge in [-0.1, -0.05) is 13.0 Å². The molecule has 0 bridgehead atoms. The molecule has 6 heteroatoms. The molecule has 2 N–H and O–H groups in total. The van der Waals surface area contributed by atoms with Gasteiger partial charge in [-0.05, 0) is 52.2 Å². The number of carbonyl (C=O) groups excluding carboxylic acids is 1. The van der Waals surface area contributed by atoms with Gasteiger partial charge in [0.15, 0.2) is 0 Å². The largest absolute Gasteiger partial charge is 0.491 e. The van der Waals surface area contributed by atoms with E-state index in [-0.39, 0.29) is 19.3 Å². The van der Waals surface area contributed by atoms with Crippen molar-refractivity contribution in [2.75, 3.05) is 13.2 Å². The maximum absolute atomic E-state index is 11.9. The molecule has 0 saturated carbocycles. The van der Waals surface area contributed by atoms with E-state index in [9.17, 15) is 10.1 Å². The number of amides is 1. The maximum Gasteiger partial charge on any atom is 0.407 e. The van der Waals surface area contributed by atoms with Crippen LogP contribution in [-0.4, -0.2) is 36.1 Å². The Morgan fingerprint density at radius 3 is 2.68 bits per heavy atom. The van der Waals surface area contributed by atoms with Gasteiger partial charge in [0.1, 0.15) is 18.0 Å². The molecule has 138 valence electrons. The van der Waals surface area contributed by atoms with Crippen molar-refractivity contribution >= 4 is 6.09 Å². The number of nitrogens with zero attached hydrogens (tertiary/aromatic N) is 1. The second-order valence-corrected chi connectivity index (χ2v) is 6.76. The van der Waals surface area contributed by atoms with Crippen LogP contribution in [0.15, 0.2) is 18.2 Å². The summed E-state index contributed by atoms with van der Waals surface area (Å²) in [5, 5.41) is 21.1. The van der Waals surface area contributed by atoms with E-state index in [1.807, 2.05) is 27.7 Å². The quantitative estimate of drug-likeness (QED) is 0.753. The Kier molecular flexibility index (Phi) is 8.23. The van der Waals surface area contributed by atoms with E-state index in [0.29, 0.717) is 24.2 Å². The lowest BCUT2D eigenvalue weighted by atomic mass is 9.98. The summed E-state index contributed by atoms with van der Waals surface area (Å²) in [5.41, 5.74) is 0.798. The number of hydrogen-bond donors (Lipinski definition) is 2. The van der Waals surface area contributed by atoms with Gasteiger partial charge in [-0.2, -0.15) is 5.26 Å². The number of rotatable bonds is 8. The Hall–Kier alpha value is -2.26. The third-order valence-corrected chi connectivity index (χ3v) is 3.56. The lowest BCUT2D eigenvalue weighted by Crippen LogP contribution is -2.39. The van der Waals surface area contributed by atoms with Gasteiger partial charge in [-0.3, -0.25) is 0 Å². The third kappa shape index (κ3) is 7.44. The van der Waals surface area contributed by atoms with Gasteiger partial charge in [-0.15, -0.1) is 0 Å². The fraction of sp³-hybridized carbons (Fsp3) is 0.579. The molecule has 0 saturated heterocycles. The topological polar surface area (TPSA) is 91.6 Å².